The summed E-state index contributed by atoms with van der Waals surface area (Å²) in [5.41, 5.74) is 0. The Kier molecular flexibility index (Phi) is 3.50. The summed E-state index contributed by atoms with van der Waals surface area (Å²) >= 11 is 1.66. The molecule has 0 N–H and O–H groups in total. The van der Waals surface area contributed by atoms with Gasteiger partial charge in [-0.25, -0.2) is 4.98 Å². The molecule has 0 aliphatic heterocycles. The van der Waals surface area contributed by atoms with Crippen molar-refractivity contribution in [3.05, 3.63) is 16.6 Å². The van der Waals surface area contributed by atoms with Gasteiger partial charge in [0.2, 0.25) is 0 Å². The van der Waals surface area contributed by atoms with E-state index in [1.807, 2.05) is 11.6 Å². The highest BCUT2D eigenvalue weighted by Crippen LogP contribution is 2.37. The van der Waals surface area contributed by atoms with Gasteiger partial charge in [-0.2, -0.15) is 0 Å². The van der Waals surface area contributed by atoms with Crippen LogP contribution in [0.2, 0.25) is 18.1 Å². The highest BCUT2D eigenvalue weighted by molar-refractivity contribution is 7.09. The molecule has 0 aliphatic carbocycles. The zero-order chi connectivity index (χ0) is 10.8. The van der Waals surface area contributed by atoms with Crippen LogP contribution in [0.4, 0.5) is 0 Å². The summed E-state index contributed by atoms with van der Waals surface area (Å²) in [7, 11) is -1.59. The van der Waals surface area contributed by atoms with E-state index in [4.69, 9.17) is 4.43 Å². The highest BCUT2D eigenvalue weighted by Gasteiger charge is 2.37. The van der Waals surface area contributed by atoms with Crippen molar-refractivity contribution in [2.24, 2.45) is 0 Å². The average Bonchev–Trinajstić information content (AvgIpc) is 2.50. The second-order valence-corrected chi connectivity index (χ2v) is 10.8. The fourth-order valence-corrected chi connectivity index (χ4v) is 2.35. The number of hydrogen-bond donors (Lipinski definition) is 0. The molecule has 1 aromatic heterocycles. The second-order valence-electron chi connectivity index (χ2n) is 4.97. The van der Waals surface area contributed by atoms with E-state index in [1.54, 1.807) is 11.3 Å². The summed E-state index contributed by atoms with van der Waals surface area (Å²) < 4.78 is 6.03. The molecule has 14 heavy (non-hydrogen) atoms. The largest absolute Gasteiger partial charge is 0.410 e. The lowest BCUT2D eigenvalue weighted by atomic mass is 10.2. The number of nitrogens with zero attached hydrogens (tertiary/aromatic N) is 1. The Balaban J connectivity index is 2.53. The second kappa shape index (κ2) is 4.12. The van der Waals surface area contributed by atoms with Gasteiger partial charge in [-0.05, 0) is 18.1 Å². The molecule has 0 amide bonds. The highest BCUT2D eigenvalue weighted by atomic mass is 32.1. The molecule has 2 nitrogen and oxygen atoms in total. The molecule has 0 atom stereocenters. The molecule has 1 heterocycles. The quantitative estimate of drug-likeness (QED) is 0.738. The maximum absolute atomic E-state index is 6.03. The van der Waals surface area contributed by atoms with E-state index in [9.17, 15) is 0 Å². The Morgan fingerprint density at radius 2 is 2.07 bits per heavy atom. The lowest BCUT2D eigenvalue weighted by Crippen LogP contribution is -2.40. The van der Waals surface area contributed by atoms with Crippen LogP contribution < -0.4 is 0 Å². The lowest BCUT2D eigenvalue weighted by Gasteiger charge is -2.35. The monoisotopic (exact) mass is 229 g/mol. The molecular formula is C10H19NOSSi. The number of aromatic nitrogens is 1. The van der Waals surface area contributed by atoms with Gasteiger partial charge < -0.3 is 4.43 Å². The number of rotatable bonds is 3. The minimum Gasteiger partial charge on any atom is -0.410 e. The van der Waals surface area contributed by atoms with Gasteiger partial charge in [0.05, 0.1) is 6.61 Å². The lowest BCUT2D eigenvalue weighted by molar-refractivity contribution is 0.276. The Morgan fingerprint density at radius 3 is 2.50 bits per heavy atom. The molecule has 0 unspecified atom stereocenters. The van der Waals surface area contributed by atoms with E-state index in [0.29, 0.717) is 6.61 Å². The summed E-state index contributed by atoms with van der Waals surface area (Å²) in [6.45, 7) is 12.0. The molecule has 0 radical (unpaired) electrons. The van der Waals surface area contributed by atoms with E-state index >= 15 is 0 Å². The van der Waals surface area contributed by atoms with E-state index < -0.39 is 8.32 Å². The first kappa shape index (κ1) is 11.9. The van der Waals surface area contributed by atoms with Gasteiger partial charge in [-0.15, -0.1) is 11.3 Å². The fraction of sp³-hybridized carbons (Fsp3) is 0.700. The third kappa shape index (κ3) is 2.90. The Morgan fingerprint density at radius 1 is 1.43 bits per heavy atom. The average molecular weight is 229 g/mol. The van der Waals surface area contributed by atoms with Gasteiger partial charge in [-0.3, -0.25) is 0 Å². The van der Waals surface area contributed by atoms with Crippen molar-refractivity contribution < 1.29 is 4.43 Å². The minimum atomic E-state index is -1.59. The van der Waals surface area contributed by atoms with Crippen LogP contribution in [-0.4, -0.2) is 13.3 Å². The van der Waals surface area contributed by atoms with Gasteiger partial charge in [0.1, 0.15) is 5.01 Å². The first-order valence-electron chi connectivity index (χ1n) is 4.85. The number of thiazole rings is 1. The van der Waals surface area contributed by atoms with E-state index in [0.717, 1.165) is 5.01 Å². The van der Waals surface area contributed by atoms with Crippen molar-refractivity contribution in [2.75, 3.05) is 0 Å². The van der Waals surface area contributed by atoms with Crippen LogP contribution in [0.5, 0.6) is 0 Å². The van der Waals surface area contributed by atoms with Gasteiger partial charge in [0, 0.05) is 11.6 Å². The van der Waals surface area contributed by atoms with Gasteiger partial charge >= 0.3 is 0 Å². The van der Waals surface area contributed by atoms with Crippen LogP contribution >= 0.6 is 11.3 Å². The van der Waals surface area contributed by atoms with Crippen molar-refractivity contribution in [1.29, 1.82) is 0 Å². The van der Waals surface area contributed by atoms with Gasteiger partial charge in [0.15, 0.2) is 8.32 Å². The molecule has 0 aromatic carbocycles. The zero-order valence-electron chi connectivity index (χ0n) is 9.63. The molecule has 0 spiro atoms. The summed E-state index contributed by atoms with van der Waals surface area (Å²) in [5.74, 6) is 0. The van der Waals surface area contributed by atoms with E-state index in [2.05, 4.69) is 38.8 Å². The first-order chi connectivity index (χ1) is 6.33. The van der Waals surface area contributed by atoms with Crippen molar-refractivity contribution in [3.63, 3.8) is 0 Å². The van der Waals surface area contributed by atoms with Crippen LogP contribution in [0, 0.1) is 0 Å². The van der Waals surface area contributed by atoms with Crippen LogP contribution in [0.25, 0.3) is 0 Å². The Hall–Kier alpha value is -0.193. The van der Waals surface area contributed by atoms with Crippen molar-refractivity contribution in [3.8, 4) is 0 Å². The Labute approximate surface area is 91.5 Å². The van der Waals surface area contributed by atoms with E-state index in [1.165, 1.54) is 0 Å². The maximum Gasteiger partial charge on any atom is 0.192 e. The third-order valence-corrected chi connectivity index (χ3v) is 8.08. The maximum atomic E-state index is 6.03. The topological polar surface area (TPSA) is 22.1 Å². The predicted octanol–water partition coefficient (Wildman–Crippen LogP) is 3.66. The van der Waals surface area contributed by atoms with Gasteiger partial charge in [0.25, 0.3) is 0 Å². The van der Waals surface area contributed by atoms with Crippen molar-refractivity contribution >= 4 is 19.7 Å². The summed E-state index contributed by atoms with van der Waals surface area (Å²) in [6.07, 6.45) is 1.83. The smallest absolute Gasteiger partial charge is 0.192 e. The molecule has 0 bridgehead atoms. The molecule has 0 saturated carbocycles. The van der Waals surface area contributed by atoms with Crippen molar-refractivity contribution in [1.82, 2.24) is 4.98 Å². The van der Waals surface area contributed by atoms with Crippen LogP contribution in [-0.2, 0) is 11.0 Å². The first-order valence-corrected chi connectivity index (χ1v) is 8.64. The molecule has 1 aromatic rings. The summed E-state index contributed by atoms with van der Waals surface area (Å²) in [5, 5.41) is 3.35. The van der Waals surface area contributed by atoms with Gasteiger partial charge in [-0.1, -0.05) is 20.8 Å². The number of hydrogen-bond acceptors (Lipinski definition) is 3. The molecule has 0 saturated heterocycles. The zero-order valence-corrected chi connectivity index (χ0v) is 11.4. The SMILES string of the molecule is CC(C)(C)[Si](C)(C)OCc1nccs1. The molecule has 1 rings (SSSR count). The van der Waals surface area contributed by atoms with Crippen LogP contribution in [0.1, 0.15) is 25.8 Å². The standard InChI is InChI=1S/C10H19NOSSi/c1-10(2,3)14(4,5)12-8-9-11-6-7-13-9/h6-7H,8H2,1-5H3. The molecule has 0 aliphatic rings. The van der Waals surface area contributed by atoms with Crippen molar-refractivity contribution in [2.45, 2.75) is 45.5 Å². The predicted molar refractivity (Wildman–Crippen MR) is 64.1 cm³/mol. The van der Waals surface area contributed by atoms with E-state index in [-0.39, 0.29) is 5.04 Å². The fourth-order valence-electron chi connectivity index (χ4n) is 0.783. The van der Waals surface area contributed by atoms with Crippen LogP contribution in [0.15, 0.2) is 11.6 Å². The molecule has 80 valence electrons. The minimum absolute atomic E-state index is 0.282. The molecular weight excluding hydrogens is 210 g/mol. The molecule has 4 heteroatoms. The normalized spacial score (nSPS) is 13.2. The Bertz CT molecular complexity index is 277. The summed E-state index contributed by atoms with van der Waals surface area (Å²) in [4.78, 5) is 4.22. The molecule has 0 fully saturated rings. The van der Waals surface area contributed by atoms with Crippen LogP contribution in [0.3, 0.4) is 0 Å². The summed E-state index contributed by atoms with van der Waals surface area (Å²) in [6, 6.07) is 0. The third-order valence-electron chi connectivity index (χ3n) is 2.85.